The number of nitrogens with one attached hydrogen (secondary N) is 1. The van der Waals surface area contributed by atoms with Crippen LogP contribution in [0.4, 0.5) is 45.5 Å². The number of hydrogen-bond donors (Lipinski definition) is 1. The molecular formula is C125H105N5S3Si3. The summed E-state index contributed by atoms with van der Waals surface area (Å²) in [5.74, 6) is 0. The Morgan fingerprint density at radius 2 is 0.625 bits per heavy atom. The lowest BCUT2D eigenvalue weighted by Gasteiger charge is -2.28. The summed E-state index contributed by atoms with van der Waals surface area (Å²) in [5.41, 5.74) is 29.8. The zero-order valence-corrected chi connectivity index (χ0v) is 85.0. The third-order valence-electron chi connectivity index (χ3n) is 28.3. The standard InChI is InChI=1S/C72H59N3S2Si2.C32H25N.C21H21NSSi/c1-44-33-45(2)35-48(34-44)47-24-28-60-65(38-47)75-66-39-49-36-52(73(50-15-13-17-55(40-50)78(3,4)5)53-26-31-69-62(42-53)57-19-9-11-21-67(57)76-69)25-23-46(49)37-61(66)59-29-30-64(71(60)72(59)75)74(51-16-14-18-56(41-51)79(6,7)8)54-27-32-70-63(43-54)58-20-10-12-22-68(58)77-70;1-18-5-7-22-15-28-26-9-6-21(4)31-27-10-8-23(24-13-19(2)11-20(3)14-24)16-29(27)33(32(26)31)30(28)17-25(22)12-18;1-24(2,3)17-8-6-7-15(13-17)22-16-11-12-21-19(14-16)18-9-4-5-10-20(18)23-21/h9-43H,1-8H3;5-17H,1-4H3;4-14,22H,1-3H3. The summed E-state index contributed by atoms with van der Waals surface area (Å²) < 4.78 is 13.1. The summed E-state index contributed by atoms with van der Waals surface area (Å²) in [6, 6.07) is 136. The monoisotopic (exact) mass is 1860 g/mol. The van der Waals surface area contributed by atoms with Crippen molar-refractivity contribution in [1.82, 2.24) is 8.80 Å². The molecule has 0 atom stereocenters. The molecule has 5 nitrogen and oxygen atoms in total. The minimum atomic E-state index is -1.70. The first-order valence-electron chi connectivity index (χ1n) is 47.6. The first kappa shape index (κ1) is 85.0. The SMILES string of the molecule is C[Si](C)(C)c1cccc(Nc2ccc3sc4ccccc4c3c2)c1.Cc1cc(C)cc(-c2ccc3c4c(C)ccc5c6cc7ccc(C)cc7cc6n(c3c2)c54)c1.Cc1cc(C)cc(-c2ccc3c4c(N(c5cccc([Si](C)(C)C)c5)c5ccc6sc7ccccc7c6c5)ccc5c6cc7ccc(N(c8cccc([Si](C)(C)C)c8)c8ccc9sc%10ccccc%10c9c8)cc7cc6n(c3c2)c54)c1. The summed E-state index contributed by atoms with van der Waals surface area (Å²) >= 11 is 5.61. The van der Waals surface area contributed by atoms with Gasteiger partial charge < -0.3 is 23.9 Å². The summed E-state index contributed by atoms with van der Waals surface area (Å²) in [6.07, 6.45) is 0. The van der Waals surface area contributed by atoms with Crippen LogP contribution in [0.15, 0.2) is 358 Å². The van der Waals surface area contributed by atoms with Crippen LogP contribution in [0, 0.1) is 41.5 Å². The van der Waals surface area contributed by atoms with Crippen molar-refractivity contribution in [2.75, 3.05) is 15.1 Å². The number of aryl methyl sites for hydroxylation is 6. The summed E-state index contributed by atoms with van der Waals surface area (Å²) in [4.78, 5) is 5.05. The molecule has 0 radical (unpaired) electrons. The number of anilines is 8. The molecule has 0 unspecified atom stereocenters. The Kier molecular flexibility index (Phi) is 20.2. The molecule has 0 spiro atoms. The van der Waals surface area contributed by atoms with Gasteiger partial charge in [-0.2, -0.15) is 0 Å². The van der Waals surface area contributed by atoms with Crippen LogP contribution in [0.2, 0.25) is 58.9 Å². The highest BCUT2D eigenvalue weighted by atomic mass is 32.1. The summed E-state index contributed by atoms with van der Waals surface area (Å²) in [5, 5.41) is 31.3. The molecule has 0 aliphatic carbocycles. The number of nitrogens with zero attached hydrogens (tertiary/aromatic N) is 4. The third-order valence-corrected chi connectivity index (χ3v) is 37.9. The molecule has 136 heavy (non-hydrogen) atoms. The second kappa shape index (κ2) is 32.4. The van der Waals surface area contributed by atoms with Gasteiger partial charge >= 0.3 is 0 Å². The van der Waals surface area contributed by atoms with Crippen molar-refractivity contribution in [3.63, 3.8) is 0 Å². The largest absolute Gasteiger partial charge is 0.356 e. The molecule has 19 aromatic carbocycles. The van der Waals surface area contributed by atoms with Crippen LogP contribution in [-0.2, 0) is 0 Å². The molecule has 0 fully saturated rings. The second-order valence-electron chi connectivity index (χ2n) is 41.1. The Bertz CT molecular complexity index is 9360. The molecule has 26 rings (SSSR count). The lowest BCUT2D eigenvalue weighted by molar-refractivity contribution is 1.30. The van der Waals surface area contributed by atoms with Gasteiger partial charge in [-0.1, -0.05) is 296 Å². The molecule has 1 N–H and O–H groups in total. The van der Waals surface area contributed by atoms with E-state index in [2.05, 4.69) is 482 Å². The van der Waals surface area contributed by atoms with E-state index in [1.54, 1.807) is 0 Å². The predicted octanol–water partition coefficient (Wildman–Crippen LogP) is 36.3. The van der Waals surface area contributed by atoms with Crippen molar-refractivity contribution >= 4 is 278 Å². The van der Waals surface area contributed by atoms with E-state index in [-0.39, 0.29) is 0 Å². The molecule has 0 saturated carbocycles. The number of thiophene rings is 3. The van der Waals surface area contributed by atoms with Crippen LogP contribution in [0.1, 0.15) is 33.4 Å². The Morgan fingerprint density at radius 1 is 0.228 bits per heavy atom. The molecule has 0 saturated heterocycles. The lowest BCUT2D eigenvalue weighted by Crippen LogP contribution is -2.37. The number of rotatable bonds is 13. The maximum absolute atomic E-state index is 3.59. The fourth-order valence-corrected chi connectivity index (χ4v) is 28.5. The average Bonchev–Trinajstić information content (AvgIpc) is 1.53. The number of hydrogen-bond acceptors (Lipinski definition) is 6. The van der Waals surface area contributed by atoms with Gasteiger partial charge in [-0.05, 0) is 255 Å². The Morgan fingerprint density at radius 3 is 1.15 bits per heavy atom. The molecule has 11 heteroatoms. The first-order chi connectivity index (χ1) is 65.7. The zero-order chi connectivity index (χ0) is 92.8. The highest BCUT2D eigenvalue weighted by molar-refractivity contribution is 7.26. The van der Waals surface area contributed by atoms with Gasteiger partial charge in [-0.15, -0.1) is 34.0 Å². The quantitative estimate of drug-likeness (QED) is 0.117. The van der Waals surface area contributed by atoms with Crippen molar-refractivity contribution in [2.45, 2.75) is 100 Å². The van der Waals surface area contributed by atoms with Gasteiger partial charge in [0, 0.05) is 143 Å². The van der Waals surface area contributed by atoms with E-state index < -0.39 is 24.2 Å². The van der Waals surface area contributed by atoms with Gasteiger partial charge in [0.25, 0.3) is 0 Å². The normalized spacial score (nSPS) is 12.4. The van der Waals surface area contributed by atoms with Crippen molar-refractivity contribution in [3.05, 3.63) is 391 Å². The Balaban J connectivity index is 0.000000143. The van der Waals surface area contributed by atoms with E-state index in [0.717, 1.165) is 22.7 Å². The van der Waals surface area contributed by atoms with Crippen molar-refractivity contribution in [1.29, 1.82) is 0 Å². The molecule has 0 aliphatic heterocycles. The number of aromatic nitrogens is 2. The first-order valence-corrected chi connectivity index (χ1v) is 60.6. The third kappa shape index (κ3) is 14.7. The molecule has 7 heterocycles. The topological polar surface area (TPSA) is 27.3 Å². The Labute approximate surface area is 808 Å². The van der Waals surface area contributed by atoms with Crippen LogP contribution < -0.4 is 30.7 Å². The van der Waals surface area contributed by atoms with Gasteiger partial charge in [0.05, 0.1) is 63.0 Å². The molecule has 0 aliphatic rings. The van der Waals surface area contributed by atoms with E-state index in [1.165, 1.54) is 252 Å². The summed E-state index contributed by atoms with van der Waals surface area (Å²) in [6.45, 7) is 35.0. The minimum Gasteiger partial charge on any atom is -0.356 e. The van der Waals surface area contributed by atoms with Gasteiger partial charge in [-0.3, -0.25) is 0 Å². The van der Waals surface area contributed by atoms with Crippen molar-refractivity contribution < 1.29 is 0 Å². The summed E-state index contributed by atoms with van der Waals surface area (Å²) in [7, 11) is -4.63. The average molecular weight is 1860 g/mol. The van der Waals surface area contributed by atoms with Gasteiger partial charge in [0.2, 0.25) is 0 Å². The second-order valence-corrected chi connectivity index (χ2v) is 59.6. The molecule has 0 amide bonds. The number of benzene rings is 19. The molecule has 0 bridgehead atoms. The zero-order valence-electron chi connectivity index (χ0n) is 79.6. The van der Waals surface area contributed by atoms with Gasteiger partial charge in [0.1, 0.15) is 0 Å². The highest BCUT2D eigenvalue weighted by Crippen LogP contribution is 2.52. The predicted molar refractivity (Wildman–Crippen MR) is 610 cm³/mol. The van der Waals surface area contributed by atoms with Gasteiger partial charge in [0.15, 0.2) is 0 Å². The van der Waals surface area contributed by atoms with Crippen molar-refractivity contribution in [3.8, 4) is 22.3 Å². The van der Waals surface area contributed by atoms with Crippen LogP contribution in [0.3, 0.4) is 0 Å². The molecule has 26 aromatic rings. The molecular weight excluding hydrogens is 1750 g/mol. The maximum atomic E-state index is 3.59. The molecule has 7 aromatic heterocycles. The fourth-order valence-electron chi connectivity index (χ4n) is 21.7. The van der Waals surface area contributed by atoms with Gasteiger partial charge in [-0.25, -0.2) is 0 Å². The number of fused-ring (bicyclic) bond motifs is 23. The van der Waals surface area contributed by atoms with Crippen LogP contribution >= 0.6 is 34.0 Å². The van der Waals surface area contributed by atoms with Crippen LogP contribution in [0.5, 0.6) is 0 Å². The smallest absolute Gasteiger partial charge is 0.0776 e. The minimum absolute atomic E-state index is 1.14. The Hall–Kier alpha value is -14.0. The van der Waals surface area contributed by atoms with Crippen molar-refractivity contribution in [2.24, 2.45) is 0 Å². The highest BCUT2D eigenvalue weighted by Gasteiger charge is 2.30. The van der Waals surface area contributed by atoms with E-state index in [1.807, 2.05) is 34.0 Å². The van der Waals surface area contributed by atoms with E-state index in [4.69, 9.17) is 0 Å². The van der Waals surface area contributed by atoms with E-state index in [9.17, 15) is 0 Å². The lowest BCUT2D eigenvalue weighted by atomic mass is 9.98. The van der Waals surface area contributed by atoms with E-state index in [0.29, 0.717) is 0 Å². The van der Waals surface area contributed by atoms with Crippen LogP contribution in [0.25, 0.3) is 181 Å². The fraction of sp³-hybridized carbons (Fsp3) is 0.120. The van der Waals surface area contributed by atoms with E-state index >= 15 is 0 Å². The maximum Gasteiger partial charge on any atom is 0.0776 e. The molecule has 660 valence electrons. The van der Waals surface area contributed by atoms with Crippen LogP contribution in [-0.4, -0.2) is 33.0 Å².